The summed E-state index contributed by atoms with van der Waals surface area (Å²) < 4.78 is 5.90. The number of hydrogen-bond donors (Lipinski definition) is 1. The lowest BCUT2D eigenvalue weighted by molar-refractivity contribution is 0.306. The molecule has 0 aliphatic carbocycles. The van der Waals surface area contributed by atoms with Gasteiger partial charge >= 0.3 is 0 Å². The van der Waals surface area contributed by atoms with Crippen molar-refractivity contribution in [2.75, 3.05) is 5.32 Å². The Morgan fingerprint density at radius 2 is 1.81 bits per heavy atom. The van der Waals surface area contributed by atoms with Gasteiger partial charge in [0.1, 0.15) is 12.4 Å². The van der Waals surface area contributed by atoms with Crippen LogP contribution in [0.3, 0.4) is 0 Å². The van der Waals surface area contributed by atoms with Gasteiger partial charge in [-0.2, -0.15) is 0 Å². The standard InChI is InChI=1S/C19H21NO/c1-14-12-19(2,3)20-18-10-9-16(11-17(14)18)21-13-15-7-5-4-6-8-15/h4-12,20H,13H2,1-3H3. The number of benzene rings is 2. The van der Waals surface area contributed by atoms with Crippen LogP contribution in [0, 0.1) is 0 Å². The van der Waals surface area contributed by atoms with Crippen LogP contribution in [-0.4, -0.2) is 5.54 Å². The lowest BCUT2D eigenvalue weighted by Crippen LogP contribution is -2.31. The second kappa shape index (κ2) is 5.28. The largest absolute Gasteiger partial charge is 0.489 e. The van der Waals surface area contributed by atoms with E-state index in [2.05, 4.69) is 56.4 Å². The number of rotatable bonds is 3. The van der Waals surface area contributed by atoms with Gasteiger partial charge in [0.15, 0.2) is 0 Å². The maximum absolute atomic E-state index is 5.90. The van der Waals surface area contributed by atoms with Crippen LogP contribution < -0.4 is 10.1 Å². The summed E-state index contributed by atoms with van der Waals surface area (Å²) in [7, 11) is 0. The quantitative estimate of drug-likeness (QED) is 0.865. The monoisotopic (exact) mass is 279 g/mol. The predicted molar refractivity (Wildman–Crippen MR) is 88.6 cm³/mol. The Morgan fingerprint density at radius 3 is 2.57 bits per heavy atom. The van der Waals surface area contributed by atoms with E-state index in [1.54, 1.807) is 0 Å². The molecule has 0 fully saturated rings. The van der Waals surface area contributed by atoms with E-state index in [0.717, 1.165) is 5.75 Å². The van der Waals surface area contributed by atoms with Crippen LogP contribution in [0.15, 0.2) is 54.6 Å². The van der Waals surface area contributed by atoms with Gasteiger partial charge in [0, 0.05) is 11.3 Å². The molecule has 1 N–H and O–H groups in total. The van der Waals surface area contributed by atoms with Gasteiger partial charge in [-0.25, -0.2) is 0 Å². The third kappa shape index (κ3) is 3.10. The lowest BCUT2D eigenvalue weighted by atomic mass is 9.91. The molecule has 0 amide bonds. The molecular formula is C19H21NO. The molecule has 0 saturated heterocycles. The summed E-state index contributed by atoms with van der Waals surface area (Å²) in [5.41, 5.74) is 4.87. The molecule has 0 saturated carbocycles. The van der Waals surface area contributed by atoms with E-state index < -0.39 is 0 Å². The fraction of sp³-hybridized carbons (Fsp3) is 0.263. The average molecular weight is 279 g/mol. The smallest absolute Gasteiger partial charge is 0.120 e. The molecule has 0 atom stereocenters. The van der Waals surface area contributed by atoms with Crippen molar-refractivity contribution in [3.05, 3.63) is 65.7 Å². The van der Waals surface area contributed by atoms with Gasteiger partial charge in [-0.1, -0.05) is 36.4 Å². The van der Waals surface area contributed by atoms with Gasteiger partial charge in [-0.15, -0.1) is 0 Å². The predicted octanol–water partition coefficient (Wildman–Crippen LogP) is 4.87. The normalized spacial score (nSPS) is 15.7. The topological polar surface area (TPSA) is 21.3 Å². The molecule has 0 radical (unpaired) electrons. The molecule has 2 aromatic rings. The number of allylic oxidation sites excluding steroid dienone is 1. The summed E-state index contributed by atoms with van der Waals surface area (Å²) in [6, 6.07) is 16.5. The first kappa shape index (κ1) is 13.7. The molecule has 1 heterocycles. The number of anilines is 1. The molecule has 0 unspecified atom stereocenters. The Morgan fingerprint density at radius 1 is 1.05 bits per heavy atom. The minimum absolute atomic E-state index is 0.00347. The van der Waals surface area contributed by atoms with E-state index in [1.807, 2.05) is 24.3 Å². The van der Waals surface area contributed by atoms with Crippen molar-refractivity contribution in [2.24, 2.45) is 0 Å². The fourth-order valence-corrected chi connectivity index (χ4v) is 2.79. The Balaban J connectivity index is 1.79. The number of nitrogens with one attached hydrogen (secondary N) is 1. The van der Waals surface area contributed by atoms with Crippen LogP contribution in [0.2, 0.25) is 0 Å². The zero-order valence-corrected chi connectivity index (χ0v) is 12.8. The maximum Gasteiger partial charge on any atom is 0.120 e. The lowest BCUT2D eigenvalue weighted by Gasteiger charge is -2.31. The van der Waals surface area contributed by atoms with E-state index >= 15 is 0 Å². The molecule has 2 heteroatoms. The third-order valence-electron chi connectivity index (χ3n) is 3.70. The number of fused-ring (bicyclic) bond motifs is 1. The van der Waals surface area contributed by atoms with Gasteiger partial charge in [0.25, 0.3) is 0 Å². The van der Waals surface area contributed by atoms with Crippen LogP contribution in [-0.2, 0) is 6.61 Å². The fourth-order valence-electron chi connectivity index (χ4n) is 2.79. The average Bonchev–Trinajstić information content (AvgIpc) is 2.45. The van der Waals surface area contributed by atoms with E-state index in [-0.39, 0.29) is 5.54 Å². The molecule has 3 rings (SSSR count). The van der Waals surface area contributed by atoms with Crippen LogP contribution in [0.5, 0.6) is 5.75 Å². The van der Waals surface area contributed by atoms with Crippen LogP contribution in [0.25, 0.3) is 5.57 Å². The first-order valence-electron chi connectivity index (χ1n) is 7.32. The Kier molecular flexibility index (Phi) is 3.46. The SMILES string of the molecule is CC1=CC(C)(C)Nc2ccc(OCc3ccccc3)cc21. The maximum atomic E-state index is 5.90. The van der Waals surface area contributed by atoms with Gasteiger partial charge in [0.2, 0.25) is 0 Å². The first-order valence-corrected chi connectivity index (χ1v) is 7.32. The molecule has 1 aliphatic heterocycles. The summed E-state index contributed by atoms with van der Waals surface area (Å²) in [6.45, 7) is 7.11. The Labute approximate surface area is 126 Å². The van der Waals surface area contributed by atoms with Crippen molar-refractivity contribution >= 4 is 11.3 Å². The summed E-state index contributed by atoms with van der Waals surface area (Å²) in [4.78, 5) is 0. The van der Waals surface area contributed by atoms with E-state index in [0.29, 0.717) is 6.61 Å². The van der Waals surface area contributed by atoms with Crippen LogP contribution in [0.1, 0.15) is 31.9 Å². The molecule has 0 bridgehead atoms. The Hall–Kier alpha value is -2.22. The molecule has 0 aromatic heterocycles. The van der Waals surface area contributed by atoms with Crippen molar-refractivity contribution in [3.8, 4) is 5.75 Å². The molecule has 2 nitrogen and oxygen atoms in total. The highest BCUT2D eigenvalue weighted by molar-refractivity contribution is 5.80. The highest BCUT2D eigenvalue weighted by Gasteiger charge is 2.22. The number of hydrogen-bond acceptors (Lipinski definition) is 2. The summed E-state index contributed by atoms with van der Waals surface area (Å²) in [5, 5.41) is 3.54. The second-order valence-electron chi connectivity index (χ2n) is 6.16. The zero-order chi connectivity index (χ0) is 14.9. The van der Waals surface area contributed by atoms with Crippen molar-refractivity contribution in [3.63, 3.8) is 0 Å². The summed E-state index contributed by atoms with van der Waals surface area (Å²) in [5.74, 6) is 0.909. The molecular weight excluding hydrogens is 258 g/mol. The van der Waals surface area contributed by atoms with Crippen molar-refractivity contribution in [2.45, 2.75) is 32.9 Å². The van der Waals surface area contributed by atoms with Crippen molar-refractivity contribution in [1.29, 1.82) is 0 Å². The van der Waals surface area contributed by atoms with Gasteiger partial charge in [-0.3, -0.25) is 0 Å². The van der Waals surface area contributed by atoms with E-state index in [4.69, 9.17) is 4.74 Å². The van der Waals surface area contributed by atoms with Gasteiger partial charge in [-0.05, 0) is 50.1 Å². The Bertz CT molecular complexity index is 671. The van der Waals surface area contributed by atoms with Crippen molar-refractivity contribution < 1.29 is 4.74 Å². The highest BCUT2D eigenvalue weighted by Crippen LogP contribution is 2.35. The first-order chi connectivity index (χ1) is 10.0. The molecule has 108 valence electrons. The minimum atomic E-state index is 0.00347. The third-order valence-corrected chi connectivity index (χ3v) is 3.70. The molecule has 1 aliphatic rings. The summed E-state index contributed by atoms with van der Waals surface area (Å²) in [6.07, 6.45) is 2.26. The van der Waals surface area contributed by atoms with Gasteiger partial charge in [0.05, 0.1) is 5.54 Å². The molecule has 21 heavy (non-hydrogen) atoms. The zero-order valence-electron chi connectivity index (χ0n) is 12.8. The second-order valence-corrected chi connectivity index (χ2v) is 6.16. The van der Waals surface area contributed by atoms with Crippen molar-refractivity contribution in [1.82, 2.24) is 0 Å². The summed E-state index contributed by atoms with van der Waals surface area (Å²) >= 11 is 0. The molecule has 2 aromatic carbocycles. The number of ether oxygens (including phenoxy) is 1. The minimum Gasteiger partial charge on any atom is -0.489 e. The van der Waals surface area contributed by atoms with Crippen LogP contribution >= 0.6 is 0 Å². The highest BCUT2D eigenvalue weighted by atomic mass is 16.5. The van der Waals surface area contributed by atoms with E-state index in [9.17, 15) is 0 Å². The van der Waals surface area contributed by atoms with Crippen LogP contribution in [0.4, 0.5) is 5.69 Å². The van der Waals surface area contributed by atoms with E-state index in [1.165, 1.54) is 22.4 Å². The van der Waals surface area contributed by atoms with Gasteiger partial charge < -0.3 is 10.1 Å². The molecule has 0 spiro atoms.